The fourth-order valence-corrected chi connectivity index (χ4v) is 2.70. The Hall–Kier alpha value is -0.580. The number of nitrogens with two attached hydrogens (primary N) is 1. The molecule has 0 radical (unpaired) electrons. The van der Waals surface area contributed by atoms with Crippen molar-refractivity contribution < 1.29 is 4.74 Å². The maximum absolute atomic E-state index is 5.58. The number of halogens is 1. The molecular formula is C12H17BrN2O. The Kier molecular flexibility index (Phi) is 3.84. The molecule has 1 aliphatic heterocycles. The highest BCUT2D eigenvalue weighted by atomic mass is 79.9. The van der Waals surface area contributed by atoms with Gasteiger partial charge in [-0.15, -0.1) is 0 Å². The van der Waals surface area contributed by atoms with Gasteiger partial charge in [-0.3, -0.25) is 4.90 Å². The number of fused-ring (bicyclic) bond motifs is 1. The van der Waals surface area contributed by atoms with Crippen molar-refractivity contribution in [1.29, 1.82) is 0 Å². The van der Waals surface area contributed by atoms with Crippen LogP contribution in [0.1, 0.15) is 11.1 Å². The normalized spacial score (nSPS) is 15.9. The molecule has 0 saturated carbocycles. The lowest BCUT2D eigenvalue weighted by Gasteiger charge is -2.28. The molecule has 1 heterocycles. The number of hydrogen-bond donors (Lipinski definition) is 1. The van der Waals surface area contributed by atoms with Crippen LogP contribution in [0.25, 0.3) is 0 Å². The summed E-state index contributed by atoms with van der Waals surface area (Å²) in [4.78, 5) is 2.39. The molecule has 0 aromatic heterocycles. The van der Waals surface area contributed by atoms with Gasteiger partial charge in [0.2, 0.25) is 0 Å². The molecule has 3 nitrogen and oxygen atoms in total. The summed E-state index contributed by atoms with van der Waals surface area (Å²) in [6, 6.07) is 4.30. The minimum absolute atomic E-state index is 0.729. The molecule has 0 spiro atoms. The van der Waals surface area contributed by atoms with Gasteiger partial charge in [0.25, 0.3) is 0 Å². The molecule has 88 valence electrons. The molecular weight excluding hydrogens is 268 g/mol. The Bertz CT molecular complexity index is 382. The first-order valence-electron chi connectivity index (χ1n) is 5.52. The summed E-state index contributed by atoms with van der Waals surface area (Å²) < 4.78 is 6.34. The van der Waals surface area contributed by atoms with Crippen molar-refractivity contribution in [2.45, 2.75) is 13.0 Å². The van der Waals surface area contributed by atoms with Gasteiger partial charge in [0.1, 0.15) is 5.75 Å². The number of methoxy groups -OCH3 is 1. The lowest BCUT2D eigenvalue weighted by atomic mass is 9.99. The van der Waals surface area contributed by atoms with E-state index < -0.39 is 0 Å². The van der Waals surface area contributed by atoms with Crippen LogP contribution in [0, 0.1) is 0 Å². The summed E-state index contributed by atoms with van der Waals surface area (Å²) in [5, 5.41) is 0. The average molecular weight is 285 g/mol. The van der Waals surface area contributed by atoms with Crippen LogP contribution < -0.4 is 10.5 Å². The zero-order valence-corrected chi connectivity index (χ0v) is 11.1. The average Bonchev–Trinajstić information content (AvgIpc) is 2.28. The van der Waals surface area contributed by atoms with Crippen LogP contribution in [0.4, 0.5) is 0 Å². The second kappa shape index (κ2) is 5.17. The zero-order chi connectivity index (χ0) is 11.5. The fourth-order valence-electron chi connectivity index (χ4n) is 2.14. The van der Waals surface area contributed by atoms with E-state index in [1.54, 1.807) is 7.11 Å². The van der Waals surface area contributed by atoms with Crippen molar-refractivity contribution in [2.24, 2.45) is 5.73 Å². The summed E-state index contributed by atoms with van der Waals surface area (Å²) in [6.45, 7) is 3.79. The second-order valence-electron chi connectivity index (χ2n) is 4.07. The van der Waals surface area contributed by atoms with E-state index in [1.165, 1.54) is 11.1 Å². The van der Waals surface area contributed by atoms with Crippen LogP contribution in [0.5, 0.6) is 5.75 Å². The van der Waals surface area contributed by atoms with E-state index >= 15 is 0 Å². The van der Waals surface area contributed by atoms with Crippen LogP contribution in [0.15, 0.2) is 16.6 Å². The van der Waals surface area contributed by atoms with Gasteiger partial charge in [0, 0.05) is 26.2 Å². The molecule has 16 heavy (non-hydrogen) atoms. The van der Waals surface area contributed by atoms with Crippen molar-refractivity contribution in [3.05, 3.63) is 27.7 Å². The molecule has 0 saturated heterocycles. The highest BCUT2D eigenvalue weighted by molar-refractivity contribution is 9.10. The molecule has 4 heteroatoms. The number of benzene rings is 1. The molecule has 0 fully saturated rings. The smallest absolute Gasteiger partial charge is 0.133 e. The summed E-state index contributed by atoms with van der Waals surface area (Å²) >= 11 is 3.53. The van der Waals surface area contributed by atoms with Crippen molar-refractivity contribution in [1.82, 2.24) is 4.90 Å². The summed E-state index contributed by atoms with van der Waals surface area (Å²) in [7, 11) is 1.70. The maximum Gasteiger partial charge on any atom is 0.133 e. The van der Waals surface area contributed by atoms with Crippen LogP contribution >= 0.6 is 15.9 Å². The molecule has 0 unspecified atom stereocenters. The summed E-state index contributed by atoms with van der Waals surface area (Å²) in [5.74, 6) is 0.922. The van der Waals surface area contributed by atoms with Crippen LogP contribution in [-0.2, 0) is 13.0 Å². The highest BCUT2D eigenvalue weighted by Gasteiger charge is 2.17. The van der Waals surface area contributed by atoms with Crippen molar-refractivity contribution in [2.75, 3.05) is 26.7 Å². The lowest BCUT2D eigenvalue weighted by molar-refractivity contribution is 0.261. The van der Waals surface area contributed by atoms with Gasteiger partial charge in [-0.2, -0.15) is 0 Å². The van der Waals surface area contributed by atoms with Gasteiger partial charge < -0.3 is 10.5 Å². The molecule has 1 aliphatic rings. The number of ether oxygens (including phenoxy) is 1. The quantitative estimate of drug-likeness (QED) is 0.920. The van der Waals surface area contributed by atoms with Crippen LogP contribution in [0.3, 0.4) is 0 Å². The van der Waals surface area contributed by atoms with Gasteiger partial charge in [-0.05, 0) is 45.6 Å². The van der Waals surface area contributed by atoms with Crippen LogP contribution in [-0.4, -0.2) is 31.6 Å². The third-order valence-electron chi connectivity index (χ3n) is 3.01. The van der Waals surface area contributed by atoms with E-state index in [2.05, 4.69) is 33.0 Å². The minimum Gasteiger partial charge on any atom is -0.496 e. The van der Waals surface area contributed by atoms with E-state index in [0.29, 0.717) is 0 Å². The van der Waals surface area contributed by atoms with E-state index in [1.807, 2.05) is 0 Å². The van der Waals surface area contributed by atoms with Gasteiger partial charge >= 0.3 is 0 Å². The fraction of sp³-hybridized carbons (Fsp3) is 0.500. The Morgan fingerprint density at radius 2 is 2.25 bits per heavy atom. The minimum atomic E-state index is 0.729. The predicted molar refractivity (Wildman–Crippen MR) is 68.7 cm³/mol. The Labute approximate surface area is 105 Å². The van der Waals surface area contributed by atoms with Crippen LogP contribution in [0.2, 0.25) is 0 Å². The third-order valence-corrected chi connectivity index (χ3v) is 3.63. The van der Waals surface area contributed by atoms with Gasteiger partial charge in [-0.25, -0.2) is 0 Å². The molecule has 2 rings (SSSR count). The molecule has 1 aromatic carbocycles. The molecule has 2 N–H and O–H groups in total. The topological polar surface area (TPSA) is 38.5 Å². The van der Waals surface area contributed by atoms with E-state index in [9.17, 15) is 0 Å². The van der Waals surface area contributed by atoms with E-state index in [0.717, 1.165) is 42.8 Å². The molecule has 0 aliphatic carbocycles. The van der Waals surface area contributed by atoms with E-state index in [-0.39, 0.29) is 0 Å². The highest BCUT2D eigenvalue weighted by Crippen LogP contribution is 2.31. The standard InChI is InChI=1S/C12H17BrN2O/c1-16-12-7-9-2-4-15(5-3-14)8-10(9)6-11(12)13/h6-7H,2-5,8,14H2,1H3. The molecule has 0 amide bonds. The summed E-state index contributed by atoms with van der Waals surface area (Å²) in [6.07, 6.45) is 1.08. The van der Waals surface area contributed by atoms with Crippen molar-refractivity contribution in [3.8, 4) is 5.75 Å². The predicted octanol–water partition coefficient (Wildman–Crippen LogP) is 1.77. The number of nitrogens with zero attached hydrogens (tertiary/aromatic N) is 1. The maximum atomic E-state index is 5.58. The lowest BCUT2D eigenvalue weighted by Crippen LogP contribution is -2.34. The molecule has 0 bridgehead atoms. The first-order valence-corrected chi connectivity index (χ1v) is 6.31. The zero-order valence-electron chi connectivity index (χ0n) is 9.50. The number of hydrogen-bond acceptors (Lipinski definition) is 3. The van der Waals surface area contributed by atoms with Gasteiger partial charge in [0.05, 0.1) is 11.6 Å². The Morgan fingerprint density at radius 1 is 1.44 bits per heavy atom. The number of rotatable bonds is 3. The third kappa shape index (κ3) is 2.39. The first-order chi connectivity index (χ1) is 7.74. The second-order valence-corrected chi connectivity index (χ2v) is 4.92. The monoisotopic (exact) mass is 284 g/mol. The Balaban J connectivity index is 2.22. The van der Waals surface area contributed by atoms with Crippen molar-refractivity contribution >= 4 is 15.9 Å². The first kappa shape index (κ1) is 11.9. The summed E-state index contributed by atoms with van der Waals surface area (Å²) in [5.41, 5.74) is 8.36. The van der Waals surface area contributed by atoms with Crippen molar-refractivity contribution in [3.63, 3.8) is 0 Å². The molecule has 0 atom stereocenters. The SMILES string of the molecule is COc1cc2c(cc1Br)CN(CCN)CC2. The van der Waals surface area contributed by atoms with Gasteiger partial charge in [-0.1, -0.05) is 0 Å². The Morgan fingerprint density at radius 3 is 2.94 bits per heavy atom. The largest absolute Gasteiger partial charge is 0.496 e. The molecule has 1 aromatic rings. The van der Waals surface area contributed by atoms with E-state index in [4.69, 9.17) is 10.5 Å². The van der Waals surface area contributed by atoms with Gasteiger partial charge in [0.15, 0.2) is 0 Å².